The lowest BCUT2D eigenvalue weighted by atomic mass is 9.99. The monoisotopic (exact) mass is 444 g/mol. The SMILES string of the molecule is Cl.O=C(Cc1ccc(Cl)c(Cl)c1)N1CCc2ccsc2C1CN1CCCC1. The van der Waals surface area contributed by atoms with Crippen LogP contribution in [-0.4, -0.2) is 41.9 Å². The summed E-state index contributed by atoms with van der Waals surface area (Å²) in [7, 11) is 0. The molecule has 1 saturated heterocycles. The van der Waals surface area contributed by atoms with Gasteiger partial charge in [-0.15, -0.1) is 23.7 Å². The molecule has 2 aliphatic rings. The number of benzene rings is 1. The van der Waals surface area contributed by atoms with Crippen LogP contribution in [0.3, 0.4) is 0 Å². The van der Waals surface area contributed by atoms with Gasteiger partial charge in [0.1, 0.15) is 0 Å². The van der Waals surface area contributed by atoms with E-state index in [4.69, 9.17) is 23.2 Å². The number of likely N-dealkylation sites (tertiary alicyclic amines) is 1. The van der Waals surface area contributed by atoms with E-state index in [9.17, 15) is 4.79 Å². The summed E-state index contributed by atoms with van der Waals surface area (Å²) in [6.07, 6.45) is 3.85. The van der Waals surface area contributed by atoms with Crippen molar-refractivity contribution in [3.05, 3.63) is 55.7 Å². The Morgan fingerprint density at radius 3 is 2.63 bits per heavy atom. The fraction of sp³-hybridized carbons (Fsp3) is 0.450. The fourth-order valence-electron chi connectivity index (χ4n) is 4.00. The molecule has 7 heteroatoms. The number of hydrogen-bond donors (Lipinski definition) is 0. The molecule has 3 nitrogen and oxygen atoms in total. The maximum atomic E-state index is 13.1. The zero-order valence-electron chi connectivity index (χ0n) is 15.0. The van der Waals surface area contributed by atoms with Gasteiger partial charge in [-0.2, -0.15) is 0 Å². The van der Waals surface area contributed by atoms with Crippen molar-refractivity contribution in [2.75, 3.05) is 26.2 Å². The van der Waals surface area contributed by atoms with Crippen molar-refractivity contribution < 1.29 is 4.79 Å². The third kappa shape index (κ3) is 4.63. The highest BCUT2D eigenvalue weighted by Gasteiger charge is 2.33. The number of fused-ring (bicyclic) bond motifs is 1. The van der Waals surface area contributed by atoms with E-state index in [0.29, 0.717) is 16.5 Å². The lowest BCUT2D eigenvalue weighted by Gasteiger charge is -2.38. The molecule has 1 fully saturated rings. The third-order valence-corrected chi connectivity index (χ3v) is 7.17. The first-order valence-corrected chi connectivity index (χ1v) is 10.8. The highest BCUT2D eigenvalue weighted by Crippen LogP contribution is 2.35. The van der Waals surface area contributed by atoms with Crippen molar-refractivity contribution in [1.29, 1.82) is 0 Å². The predicted molar refractivity (Wildman–Crippen MR) is 116 cm³/mol. The summed E-state index contributed by atoms with van der Waals surface area (Å²) in [5.41, 5.74) is 2.33. The largest absolute Gasteiger partial charge is 0.333 e. The number of halogens is 3. The van der Waals surface area contributed by atoms with E-state index in [1.165, 1.54) is 23.3 Å². The van der Waals surface area contributed by atoms with Crippen molar-refractivity contribution in [3.63, 3.8) is 0 Å². The van der Waals surface area contributed by atoms with E-state index in [2.05, 4.69) is 21.2 Å². The molecule has 2 aromatic rings. The van der Waals surface area contributed by atoms with Gasteiger partial charge in [0, 0.05) is 18.0 Å². The molecule has 1 atom stereocenters. The lowest BCUT2D eigenvalue weighted by molar-refractivity contribution is -0.133. The molecule has 0 saturated carbocycles. The lowest BCUT2D eigenvalue weighted by Crippen LogP contribution is -2.44. The molecule has 0 bridgehead atoms. The Labute approximate surface area is 180 Å². The van der Waals surface area contributed by atoms with Gasteiger partial charge in [-0.05, 0) is 67.1 Å². The molecule has 0 radical (unpaired) electrons. The van der Waals surface area contributed by atoms with Crippen LogP contribution in [0.5, 0.6) is 0 Å². The molecular formula is C20H23Cl3N2OS. The second kappa shape index (κ2) is 9.15. The second-order valence-electron chi connectivity index (χ2n) is 7.10. The molecule has 0 aliphatic carbocycles. The number of carbonyl (C=O) groups excluding carboxylic acids is 1. The number of hydrogen-bond acceptors (Lipinski definition) is 3. The Kier molecular flexibility index (Phi) is 7.09. The summed E-state index contributed by atoms with van der Waals surface area (Å²) in [5.74, 6) is 0.173. The summed E-state index contributed by atoms with van der Waals surface area (Å²) < 4.78 is 0. The highest BCUT2D eigenvalue weighted by molar-refractivity contribution is 7.10. The second-order valence-corrected chi connectivity index (χ2v) is 8.86. The number of carbonyl (C=O) groups is 1. The van der Waals surface area contributed by atoms with Gasteiger partial charge >= 0.3 is 0 Å². The molecular weight excluding hydrogens is 423 g/mol. The van der Waals surface area contributed by atoms with Crippen LogP contribution in [0.2, 0.25) is 10.0 Å². The summed E-state index contributed by atoms with van der Waals surface area (Å²) in [6.45, 7) is 4.03. The van der Waals surface area contributed by atoms with Crippen molar-refractivity contribution in [3.8, 4) is 0 Å². The number of amides is 1. The van der Waals surface area contributed by atoms with Crippen molar-refractivity contribution in [2.45, 2.75) is 31.7 Å². The van der Waals surface area contributed by atoms with E-state index in [1.807, 2.05) is 6.07 Å². The molecule has 1 unspecified atom stereocenters. The predicted octanol–water partition coefficient (Wildman–Crippen LogP) is 5.24. The molecule has 3 heterocycles. The van der Waals surface area contributed by atoms with Gasteiger partial charge in [0.15, 0.2) is 0 Å². The highest BCUT2D eigenvalue weighted by atomic mass is 35.5. The van der Waals surface area contributed by atoms with E-state index in [0.717, 1.165) is 38.2 Å². The van der Waals surface area contributed by atoms with Gasteiger partial charge < -0.3 is 9.80 Å². The van der Waals surface area contributed by atoms with Crippen LogP contribution in [0.4, 0.5) is 0 Å². The molecule has 4 rings (SSSR count). The van der Waals surface area contributed by atoms with Crippen molar-refractivity contribution >= 4 is 52.9 Å². The number of rotatable bonds is 4. The summed E-state index contributed by atoms with van der Waals surface area (Å²) in [5, 5.41) is 3.19. The fourth-order valence-corrected chi connectivity index (χ4v) is 5.38. The molecule has 2 aliphatic heterocycles. The van der Waals surface area contributed by atoms with E-state index < -0.39 is 0 Å². The van der Waals surface area contributed by atoms with Gasteiger partial charge in [-0.25, -0.2) is 0 Å². The summed E-state index contributed by atoms with van der Waals surface area (Å²) in [4.78, 5) is 19.1. The maximum Gasteiger partial charge on any atom is 0.227 e. The molecule has 1 aromatic carbocycles. The Balaban J connectivity index is 0.00000210. The topological polar surface area (TPSA) is 23.6 Å². The Morgan fingerprint density at radius 2 is 1.89 bits per heavy atom. The molecule has 1 aromatic heterocycles. The molecule has 27 heavy (non-hydrogen) atoms. The zero-order chi connectivity index (χ0) is 18.1. The molecule has 146 valence electrons. The Bertz CT molecular complexity index is 804. The Hall–Kier alpha value is -0.780. The van der Waals surface area contributed by atoms with Crippen LogP contribution in [-0.2, 0) is 17.6 Å². The quantitative estimate of drug-likeness (QED) is 0.642. The van der Waals surface area contributed by atoms with Gasteiger partial charge in [0.25, 0.3) is 0 Å². The molecule has 0 N–H and O–H groups in total. The van der Waals surface area contributed by atoms with Crippen LogP contribution < -0.4 is 0 Å². The maximum absolute atomic E-state index is 13.1. The standard InChI is InChI=1S/C20H22Cl2N2OS.ClH/c21-16-4-3-14(11-17(16)22)12-19(25)24-9-5-15-6-10-26-20(15)18(24)13-23-7-1-2-8-23;/h3-4,6,10-11,18H,1-2,5,7-9,12-13H2;1H. The van der Waals surface area contributed by atoms with Crippen molar-refractivity contribution in [1.82, 2.24) is 9.80 Å². The van der Waals surface area contributed by atoms with Crippen molar-refractivity contribution in [2.24, 2.45) is 0 Å². The molecule has 1 amide bonds. The normalized spacial score (nSPS) is 19.6. The first kappa shape index (κ1) is 20.9. The average molecular weight is 446 g/mol. The van der Waals surface area contributed by atoms with Gasteiger partial charge in [-0.1, -0.05) is 29.3 Å². The Morgan fingerprint density at radius 1 is 1.11 bits per heavy atom. The van der Waals surface area contributed by atoms with E-state index in [1.54, 1.807) is 23.5 Å². The van der Waals surface area contributed by atoms with Crippen LogP contribution in [0.15, 0.2) is 29.6 Å². The minimum atomic E-state index is 0. The number of nitrogens with zero attached hydrogens (tertiary/aromatic N) is 2. The van der Waals surface area contributed by atoms with Crippen LogP contribution in [0, 0.1) is 0 Å². The van der Waals surface area contributed by atoms with Crippen LogP contribution in [0.1, 0.15) is 34.9 Å². The van der Waals surface area contributed by atoms with Gasteiger partial charge in [0.05, 0.1) is 22.5 Å². The van der Waals surface area contributed by atoms with Crippen LogP contribution in [0.25, 0.3) is 0 Å². The zero-order valence-corrected chi connectivity index (χ0v) is 18.1. The minimum absolute atomic E-state index is 0. The van der Waals surface area contributed by atoms with Gasteiger partial charge in [0.2, 0.25) is 5.91 Å². The number of thiophene rings is 1. The first-order chi connectivity index (χ1) is 12.6. The van der Waals surface area contributed by atoms with Gasteiger partial charge in [-0.3, -0.25) is 4.79 Å². The van der Waals surface area contributed by atoms with Crippen LogP contribution >= 0.6 is 46.9 Å². The third-order valence-electron chi connectivity index (χ3n) is 5.37. The van der Waals surface area contributed by atoms with E-state index in [-0.39, 0.29) is 24.4 Å². The average Bonchev–Trinajstić information content (AvgIpc) is 3.29. The summed E-state index contributed by atoms with van der Waals surface area (Å²) >= 11 is 13.9. The first-order valence-electron chi connectivity index (χ1n) is 9.14. The smallest absolute Gasteiger partial charge is 0.227 e. The summed E-state index contributed by atoms with van der Waals surface area (Å²) in [6, 6.07) is 7.85. The minimum Gasteiger partial charge on any atom is -0.333 e. The molecule has 0 spiro atoms. The van der Waals surface area contributed by atoms with E-state index >= 15 is 0 Å².